The zero-order valence-electron chi connectivity index (χ0n) is 12.1. The summed E-state index contributed by atoms with van der Waals surface area (Å²) in [6, 6.07) is 8.70. The Kier molecular flexibility index (Phi) is 6.44. The van der Waals surface area contributed by atoms with Crippen LogP contribution < -0.4 is 0 Å². The Bertz CT molecular complexity index is 517. The standard InChI is InChI=1S/C16H18O5/c1-4-11-16(15(18)20-5-2,21-12-14(17)19-3)13-9-7-6-8-10-13/h1,6-10H,5,11-12H2,2-3H3/t16-/m0/s1. The van der Waals surface area contributed by atoms with Gasteiger partial charge in [-0.2, -0.15) is 0 Å². The molecule has 0 saturated heterocycles. The lowest BCUT2D eigenvalue weighted by molar-refractivity contribution is -0.178. The maximum Gasteiger partial charge on any atom is 0.344 e. The normalized spacial score (nSPS) is 12.8. The third-order valence-electron chi connectivity index (χ3n) is 2.86. The number of esters is 2. The predicted octanol–water partition coefficient (Wildman–Crippen LogP) is 1.66. The molecule has 112 valence electrons. The largest absolute Gasteiger partial charge is 0.467 e. The lowest BCUT2D eigenvalue weighted by Crippen LogP contribution is -2.41. The van der Waals surface area contributed by atoms with Gasteiger partial charge in [0, 0.05) is 0 Å². The maximum atomic E-state index is 12.4. The molecule has 0 aliphatic rings. The summed E-state index contributed by atoms with van der Waals surface area (Å²) in [6.07, 6.45) is 5.32. The Morgan fingerprint density at radius 1 is 1.29 bits per heavy atom. The van der Waals surface area contributed by atoms with Crippen LogP contribution in [-0.4, -0.2) is 32.3 Å². The highest BCUT2D eigenvalue weighted by Crippen LogP contribution is 2.31. The first-order chi connectivity index (χ1) is 10.1. The summed E-state index contributed by atoms with van der Waals surface area (Å²) in [5.41, 5.74) is -0.981. The van der Waals surface area contributed by atoms with E-state index < -0.39 is 24.1 Å². The first-order valence-corrected chi connectivity index (χ1v) is 6.47. The van der Waals surface area contributed by atoms with E-state index in [-0.39, 0.29) is 13.0 Å². The number of carbonyl (C=O) groups excluding carboxylic acids is 2. The van der Waals surface area contributed by atoms with Crippen LogP contribution in [0.15, 0.2) is 30.3 Å². The zero-order chi connectivity index (χ0) is 15.7. The SMILES string of the molecule is C#CC[C@@](OCC(=O)OC)(C(=O)OCC)c1ccccc1. The summed E-state index contributed by atoms with van der Waals surface area (Å²) in [7, 11) is 1.24. The molecule has 5 heteroatoms. The molecule has 0 bridgehead atoms. The van der Waals surface area contributed by atoms with Crippen molar-refractivity contribution in [2.24, 2.45) is 0 Å². The van der Waals surface area contributed by atoms with Crippen molar-refractivity contribution in [1.29, 1.82) is 0 Å². The van der Waals surface area contributed by atoms with Crippen LogP contribution in [0.25, 0.3) is 0 Å². The van der Waals surface area contributed by atoms with Crippen molar-refractivity contribution in [3.63, 3.8) is 0 Å². The molecule has 5 nitrogen and oxygen atoms in total. The second kappa shape index (κ2) is 8.08. The number of rotatable bonds is 7. The van der Waals surface area contributed by atoms with Crippen LogP contribution in [-0.2, 0) is 29.4 Å². The number of hydrogen-bond acceptors (Lipinski definition) is 5. The minimum Gasteiger partial charge on any atom is -0.467 e. The maximum absolute atomic E-state index is 12.4. The lowest BCUT2D eigenvalue weighted by atomic mass is 9.90. The molecule has 0 N–H and O–H groups in total. The van der Waals surface area contributed by atoms with E-state index in [1.165, 1.54) is 7.11 Å². The van der Waals surface area contributed by atoms with E-state index in [2.05, 4.69) is 10.7 Å². The molecule has 1 aromatic rings. The Balaban J connectivity index is 3.19. The molecule has 0 amide bonds. The molecule has 1 rings (SSSR count). The highest BCUT2D eigenvalue weighted by atomic mass is 16.6. The zero-order valence-corrected chi connectivity index (χ0v) is 12.1. The summed E-state index contributed by atoms with van der Waals surface area (Å²) in [6.45, 7) is 1.47. The van der Waals surface area contributed by atoms with E-state index in [0.717, 1.165) is 0 Å². The first-order valence-electron chi connectivity index (χ1n) is 6.47. The molecule has 0 aliphatic carbocycles. The highest BCUT2D eigenvalue weighted by molar-refractivity contribution is 5.82. The van der Waals surface area contributed by atoms with Crippen LogP contribution in [0.4, 0.5) is 0 Å². The van der Waals surface area contributed by atoms with Gasteiger partial charge in [0.1, 0.15) is 6.61 Å². The van der Waals surface area contributed by atoms with Crippen LogP contribution in [0.5, 0.6) is 0 Å². The molecule has 0 saturated carbocycles. The Hall–Kier alpha value is -2.32. The van der Waals surface area contributed by atoms with Gasteiger partial charge in [0.05, 0.1) is 20.1 Å². The number of carbonyl (C=O) groups is 2. The molecule has 0 radical (unpaired) electrons. The van der Waals surface area contributed by atoms with Crippen LogP contribution in [0.3, 0.4) is 0 Å². The van der Waals surface area contributed by atoms with Crippen LogP contribution in [0, 0.1) is 12.3 Å². The fourth-order valence-corrected chi connectivity index (χ4v) is 1.83. The number of ether oxygens (including phenoxy) is 3. The van der Waals surface area contributed by atoms with Crippen molar-refractivity contribution < 1.29 is 23.8 Å². The average molecular weight is 290 g/mol. The Morgan fingerprint density at radius 3 is 2.48 bits per heavy atom. The number of benzene rings is 1. The van der Waals surface area contributed by atoms with E-state index in [9.17, 15) is 9.59 Å². The smallest absolute Gasteiger partial charge is 0.344 e. The van der Waals surface area contributed by atoms with Crippen molar-refractivity contribution in [2.75, 3.05) is 20.3 Å². The van der Waals surface area contributed by atoms with Crippen molar-refractivity contribution >= 4 is 11.9 Å². The van der Waals surface area contributed by atoms with Crippen LogP contribution >= 0.6 is 0 Å². The van der Waals surface area contributed by atoms with Gasteiger partial charge < -0.3 is 14.2 Å². The van der Waals surface area contributed by atoms with Gasteiger partial charge in [-0.05, 0) is 12.5 Å². The van der Waals surface area contributed by atoms with Gasteiger partial charge in [0.2, 0.25) is 5.60 Å². The van der Waals surface area contributed by atoms with E-state index in [4.69, 9.17) is 15.9 Å². The van der Waals surface area contributed by atoms with Gasteiger partial charge in [0.25, 0.3) is 0 Å². The van der Waals surface area contributed by atoms with Crippen molar-refractivity contribution in [1.82, 2.24) is 0 Å². The molecule has 0 unspecified atom stereocenters. The average Bonchev–Trinajstić information content (AvgIpc) is 2.52. The van der Waals surface area contributed by atoms with E-state index in [0.29, 0.717) is 5.56 Å². The summed E-state index contributed by atoms with van der Waals surface area (Å²) >= 11 is 0. The summed E-state index contributed by atoms with van der Waals surface area (Å²) in [5.74, 6) is 1.18. The van der Waals surface area contributed by atoms with Gasteiger partial charge in [-0.25, -0.2) is 9.59 Å². The van der Waals surface area contributed by atoms with Gasteiger partial charge in [-0.15, -0.1) is 12.3 Å². The minimum atomic E-state index is -1.51. The predicted molar refractivity (Wildman–Crippen MR) is 76.2 cm³/mol. The van der Waals surface area contributed by atoms with Gasteiger partial charge >= 0.3 is 11.9 Å². The molecule has 21 heavy (non-hydrogen) atoms. The lowest BCUT2D eigenvalue weighted by Gasteiger charge is -2.29. The van der Waals surface area contributed by atoms with Crippen molar-refractivity contribution in [3.8, 4) is 12.3 Å². The Morgan fingerprint density at radius 2 is 1.95 bits per heavy atom. The minimum absolute atomic E-state index is 0.0488. The molecule has 0 aromatic heterocycles. The molecule has 0 heterocycles. The van der Waals surface area contributed by atoms with E-state index in [1.54, 1.807) is 37.3 Å². The number of hydrogen-bond donors (Lipinski definition) is 0. The second-order valence-corrected chi connectivity index (χ2v) is 4.16. The number of terminal acetylenes is 1. The van der Waals surface area contributed by atoms with Gasteiger partial charge in [-0.3, -0.25) is 0 Å². The molecule has 0 spiro atoms. The third kappa shape index (κ3) is 4.07. The molecule has 0 aliphatic heterocycles. The molecule has 1 atom stereocenters. The first kappa shape index (κ1) is 16.7. The second-order valence-electron chi connectivity index (χ2n) is 4.16. The topological polar surface area (TPSA) is 61.8 Å². The summed E-state index contributed by atoms with van der Waals surface area (Å²) in [5, 5.41) is 0. The fraction of sp³-hybridized carbons (Fsp3) is 0.375. The fourth-order valence-electron chi connectivity index (χ4n) is 1.83. The Labute approximate surface area is 124 Å². The molecule has 1 aromatic carbocycles. The van der Waals surface area contributed by atoms with Gasteiger partial charge in [-0.1, -0.05) is 30.3 Å². The highest BCUT2D eigenvalue weighted by Gasteiger charge is 2.43. The van der Waals surface area contributed by atoms with Crippen molar-refractivity contribution in [3.05, 3.63) is 35.9 Å². The van der Waals surface area contributed by atoms with E-state index in [1.807, 2.05) is 0 Å². The van der Waals surface area contributed by atoms with E-state index >= 15 is 0 Å². The van der Waals surface area contributed by atoms with Gasteiger partial charge in [0.15, 0.2) is 0 Å². The summed E-state index contributed by atoms with van der Waals surface area (Å²) < 4.78 is 15.1. The monoisotopic (exact) mass is 290 g/mol. The molecular formula is C16H18O5. The van der Waals surface area contributed by atoms with Crippen molar-refractivity contribution in [2.45, 2.75) is 18.9 Å². The molecular weight excluding hydrogens is 272 g/mol. The quantitative estimate of drug-likeness (QED) is 0.564. The molecule has 0 fully saturated rings. The summed E-state index contributed by atoms with van der Waals surface area (Å²) in [4.78, 5) is 23.7. The van der Waals surface area contributed by atoms with Crippen LogP contribution in [0.2, 0.25) is 0 Å². The van der Waals surface area contributed by atoms with Crippen LogP contribution in [0.1, 0.15) is 18.9 Å². The number of methoxy groups -OCH3 is 1. The third-order valence-corrected chi connectivity index (χ3v) is 2.86.